The van der Waals surface area contributed by atoms with Gasteiger partial charge in [-0.1, -0.05) is 176 Å². The van der Waals surface area contributed by atoms with Gasteiger partial charge in [0, 0.05) is 32.9 Å². The van der Waals surface area contributed by atoms with Crippen LogP contribution in [0.3, 0.4) is 0 Å². The highest BCUT2D eigenvalue weighted by atomic mass is 15.0. The predicted octanol–water partition coefficient (Wildman–Crippen LogP) is 16.2. The molecule has 0 fully saturated rings. The lowest BCUT2D eigenvalue weighted by Gasteiger charge is -2.11. The van der Waals surface area contributed by atoms with Crippen LogP contribution in [-0.2, 0) is 0 Å². The normalized spacial score (nSPS) is 12.2. The Morgan fingerprint density at radius 1 is 0.274 bits per heavy atom. The molecule has 62 heavy (non-hydrogen) atoms. The lowest BCUT2D eigenvalue weighted by molar-refractivity contribution is 1.18. The molecule has 2 heteroatoms. The Labute approximate surface area is 365 Å². The molecule has 0 unspecified atom stereocenters. The highest BCUT2D eigenvalue weighted by Gasteiger charge is 2.19. The molecule has 0 aliphatic carbocycles. The van der Waals surface area contributed by atoms with Gasteiger partial charge in [0.25, 0.3) is 0 Å². The van der Waals surface area contributed by atoms with E-state index in [1.54, 1.807) is 0 Å². The Hall–Kier alpha value is -8.20. The summed E-state index contributed by atoms with van der Waals surface area (Å²) in [6, 6.07) is 78.3. The molecule has 2 heterocycles. The van der Waals surface area contributed by atoms with Gasteiger partial charge in [0.15, 0.2) is 0 Å². The largest absolute Gasteiger partial charge is 0.309 e. The Morgan fingerprint density at radius 2 is 0.790 bits per heavy atom. The first-order chi connectivity index (χ1) is 32.0. The van der Waals surface area contributed by atoms with E-state index in [1.165, 1.54) is 0 Å². The zero-order valence-electron chi connectivity index (χ0n) is 36.8. The second-order valence-electron chi connectivity index (χ2n) is 15.9. The number of aromatic nitrogens is 2. The average Bonchev–Trinajstić information content (AvgIpc) is 3.90. The molecule has 12 rings (SSSR count). The van der Waals surface area contributed by atoms with Crippen molar-refractivity contribution < 1.29 is 4.11 Å². The summed E-state index contributed by atoms with van der Waals surface area (Å²) in [5.74, 6) is 0. The fourth-order valence-electron chi connectivity index (χ4n) is 9.31. The van der Waals surface area contributed by atoms with E-state index in [0.29, 0.717) is 16.5 Å². The van der Waals surface area contributed by atoms with Crippen LogP contribution in [0.4, 0.5) is 0 Å². The minimum atomic E-state index is 0.0295. The standard InChI is InChI=1S/C60H40N2/c1-4-15-41(16-5-1)44-29-33-50(34-30-44)61-56-27-11-10-25-53(56)54-39-47(31-35-57(54)61)48-32-36-58-55(40-48)60-52(49-23-12-21-45(37-49)42-17-6-2-7-18-42)26-14-28-59(60)62(58)51-24-13-22-46(38-51)43-19-8-3-9-20-43/h1-40H/i31D,35D,39D. The topological polar surface area (TPSA) is 9.86 Å². The monoisotopic (exact) mass is 791 g/mol. The van der Waals surface area contributed by atoms with Gasteiger partial charge < -0.3 is 9.13 Å². The van der Waals surface area contributed by atoms with Gasteiger partial charge in [-0.05, 0) is 122 Å². The summed E-state index contributed by atoms with van der Waals surface area (Å²) in [5, 5.41) is 3.64. The van der Waals surface area contributed by atoms with Crippen molar-refractivity contribution in [3.05, 3.63) is 243 Å². The number of hydrogen-bond donors (Lipinski definition) is 0. The van der Waals surface area contributed by atoms with Crippen LogP contribution >= 0.6 is 0 Å². The zero-order valence-corrected chi connectivity index (χ0v) is 33.8. The smallest absolute Gasteiger partial charge is 0.0645 e. The summed E-state index contributed by atoms with van der Waals surface area (Å²) in [4.78, 5) is 0. The highest BCUT2D eigenvalue weighted by Crippen LogP contribution is 2.42. The van der Waals surface area contributed by atoms with Gasteiger partial charge in [-0.15, -0.1) is 0 Å². The van der Waals surface area contributed by atoms with Gasteiger partial charge in [-0.3, -0.25) is 0 Å². The molecule has 12 aromatic rings. The molecule has 0 saturated heterocycles. The van der Waals surface area contributed by atoms with Gasteiger partial charge >= 0.3 is 0 Å². The molecule has 0 spiro atoms. The lowest BCUT2D eigenvalue weighted by atomic mass is 9.95. The molecule has 10 aromatic carbocycles. The van der Waals surface area contributed by atoms with E-state index < -0.39 is 0 Å². The van der Waals surface area contributed by atoms with E-state index in [4.69, 9.17) is 0 Å². The molecule has 290 valence electrons. The quantitative estimate of drug-likeness (QED) is 0.152. The van der Waals surface area contributed by atoms with Crippen molar-refractivity contribution >= 4 is 43.6 Å². The van der Waals surface area contributed by atoms with Crippen molar-refractivity contribution in [3.63, 3.8) is 0 Å². The number of hydrogen-bond acceptors (Lipinski definition) is 0. The molecule has 0 amide bonds. The first kappa shape index (κ1) is 32.6. The average molecular weight is 792 g/mol. The Morgan fingerprint density at radius 3 is 1.53 bits per heavy atom. The van der Waals surface area contributed by atoms with Crippen LogP contribution in [0, 0.1) is 0 Å². The molecule has 0 saturated carbocycles. The fourth-order valence-corrected chi connectivity index (χ4v) is 9.31. The summed E-state index contributed by atoms with van der Waals surface area (Å²) in [7, 11) is 0. The van der Waals surface area contributed by atoms with Crippen molar-refractivity contribution in [2.75, 3.05) is 0 Å². The molecular weight excluding hydrogens is 749 g/mol. The van der Waals surface area contributed by atoms with Gasteiger partial charge in [0.1, 0.15) is 0 Å². The van der Waals surface area contributed by atoms with Gasteiger partial charge in [0.05, 0.1) is 26.2 Å². The second kappa shape index (κ2) is 14.8. The van der Waals surface area contributed by atoms with Crippen LogP contribution < -0.4 is 0 Å². The van der Waals surface area contributed by atoms with Gasteiger partial charge in [0.2, 0.25) is 0 Å². The third-order valence-corrected chi connectivity index (χ3v) is 12.2. The van der Waals surface area contributed by atoms with Crippen molar-refractivity contribution in [1.29, 1.82) is 0 Å². The van der Waals surface area contributed by atoms with Gasteiger partial charge in [-0.25, -0.2) is 0 Å². The Balaban J connectivity index is 1.09. The third kappa shape index (κ3) is 6.04. The first-order valence-electron chi connectivity index (χ1n) is 22.6. The Bertz CT molecular complexity index is 3780. The van der Waals surface area contributed by atoms with Crippen molar-refractivity contribution in [3.8, 4) is 67.0 Å². The fraction of sp³-hybridized carbons (Fsp3) is 0. The number of nitrogens with zero attached hydrogens (tertiary/aromatic N) is 2. The van der Waals surface area contributed by atoms with E-state index >= 15 is 0 Å². The van der Waals surface area contributed by atoms with Crippen molar-refractivity contribution in [2.45, 2.75) is 0 Å². The van der Waals surface area contributed by atoms with Crippen LogP contribution in [0.25, 0.3) is 111 Å². The molecule has 0 radical (unpaired) electrons. The predicted molar refractivity (Wildman–Crippen MR) is 262 cm³/mol. The van der Waals surface area contributed by atoms with Crippen LogP contribution in [-0.4, -0.2) is 9.13 Å². The molecular formula is C60H40N2. The van der Waals surface area contributed by atoms with E-state index in [9.17, 15) is 4.11 Å². The third-order valence-electron chi connectivity index (χ3n) is 12.2. The van der Waals surface area contributed by atoms with E-state index in [1.807, 2.05) is 60.7 Å². The summed E-state index contributed by atoms with van der Waals surface area (Å²) in [6.07, 6.45) is 0. The first-order valence-corrected chi connectivity index (χ1v) is 21.1. The van der Waals surface area contributed by atoms with E-state index in [0.717, 1.165) is 94.2 Å². The van der Waals surface area contributed by atoms with E-state index in [2.05, 4.69) is 173 Å². The molecule has 0 aliphatic heterocycles. The van der Waals surface area contributed by atoms with Crippen molar-refractivity contribution in [2.24, 2.45) is 0 Å². The minimum Gasteiger partial charge on any atom is -0.309 e. The number of rotatable bonds is 7. The minimum absolute atomic E-state index is 0.0295. The highest BCUT2D eigenvalue weighted by molar-refractivity contribution is 6.17. The van der Waals surface area contributed by atoms with Crippen LogP contribution in [0.15, 0.2) is 243 Å². The number of fused-ring (bicyclic) bond motifs is 6. The molecule has 0 atom stereocenters. The van der Waals surface area contributed by atoms with Crippen LogP contribution in [0.5, 0.6) is 0 Å². The summed E-state index contributed by atoms with van der Waals surface area (Å²) in [5.41, 5.74) is 15.6. The maximum atomic E-state index is 10.00. The SMILES string of the molecule is [2H]c1c(-c2ccc3c(c2)c2c(-c4cccc(-c5ccccc5)c4)cccc2n3-c2cccc(-c3ccccc3)c2)c([2H])c2c3ccccc3n(-c3ccc(-c4ccccc4)cc3)c2c1[2H]. The summed E-state index contributed by atoms with van der Waals surface area (Å²) in [6.45, 7) is 0. The number of para-hydroxylation sites is 1. The maximum absolute atomic E-state index is 10.00. The van der Waals surface area contributed by atoms with Crippen LogP contribution in [0.1, 0.15) is 4.11 Å². The van der Waals surface area contributed by atoms with Gasteiger partial charge in [-0.2, -0.15) is 0 Å². The summed E-state index contributed by atoms with van der Waals surface area (Å²) < 4.78 is 33.8. The lowest BCUT2D eigenvalue weighted by Crippen LogP contribution is -1.94. The second-order valence-corrected chi connectivity index (χ2v) is 15.9. The van der Waals surface area contributed by atoms with Crippen molar-refractivity contribution in [1.82, 2.24) is 9.13 Å². The molecule has 2 nitrogen and oxygen atoms in total. The molecule has 0 aliphatic rings. The molecule has 0 N–H and O–H groups in total. The molecule has 0 bridgehead atoms. The number of benzene rings is 10. The maximum Gasteiger partial charge on any atom is 0.0645 e. The molecule has 2 aromatic heterocycles. The van der Waals surface area contributed by atoms with Crippen LogP contribution in [0.2, 0.25) is 0 Å². The summed E-state index contributed by atoms with van der Waals surface area (Å²) >= 11 is 0. The van der Waals surface area contributed by atoms with E-state index in [-0.39, 0.29) is 18.1 Å². The Kier molecular flexibility index (Phi) is 7.79. The zero-order chi connectivity index (χ0) is 43.6.